The molecule has 7 nitrogen and oxygen atoms in total. The lowest BCUT2D eigenvalue weighted by molar-refractivity contribution is -0.121. The number of methoxy groups -OCH3 is 1. The lowest BCUT2D eigenvalue weighted by Crippen LogP contribution is -2.32. The number of carbonyl (C=O) groups is 2. The maximum Gasteiger partial charge on any atom is 0.251 e. The number of nitrogens with one attached hydrogen (secondary N) is 2. The van der Waals surface area contributed by atoms with Crippen molar-refractivity contribution in [3.05, 3.63) is 129 Å². The van der Waals surface area contributed by atoms with Gasteiger partial charge in [-0.05, 0) is 53.1 Å². The first-order chi connectivity index (χ1) is 19.4. The molecule has 0 aliphatic carbocycles. The molecule has 2 amide bonds. The van der Waals surface area contributed by atoms with Crippen molar-refractivity contribution in [1.82, 2.24) is 10.7 Å². The molecule has 0 aliphatic heterocycles. The van der Waals surface area contributed by atoms with Gasteiger partial charge in [-0.1, -0.05) is 83.9 Å². The fraction of sp³-hybridized carbons (Fsp3) is 0.129. The van der Waals surface area contributed by atoms with Crippen molar-refractivity contribution in [2.24, 2.45) is 5.10 Å². The van der Waals surface area contributed by atoms with Crippen LogP contribution >= 0.6 is 23.2 Å². The average Bonchev–Trinajstić information content (AvgIpc) is 2.97. The molecule has 0 fully saturated rings. The van der Waals surface area contributed by atoms with Crippen molar-refractivity contribution in [2.45, 2.75) is 19.1 Å². The van der Waals surface area contributed by atoms with Crippen LogP contribution in [0.5, 0.6) is 11.5 Å². The Hall–Kier alpha value is -4.33. The van der Waals surface area contributed by atoms with E-state index in [2.05, 4.69) is 15.8 Å². The summed E-state index contributed by atoms with van der Waals surface area (Å²) in [4.78, 5) is 25.5. The molecule has 9 heteroatoms. The van der Waals surface area contributed by atoms with Crippen molar-refractivity contribution in [3.8, 4) is 11.5 Å². The van der Waals surface area contributed by atoms with E-state index in [9.17, 15) is 9.59 Å². The molecule has 0 heterocycles. The standard InChI is InChI=1S/C31H27Cl2N3O4/c1-39-28-17-22(16-26(33)30(28)40-20-21-12-14-25(32)15-13-21)19-34-36-29(37)18-27(23-8-4-2-5-9-23)35-31(38)24-10-6-3-7-11-24/h2-17,19,27H,18,20H2,1H3,(H,35,38)(H,36,37)/b34-19-/t27-/m0/s1. The van der Waals surface area contributed by atoms with E-state index in [0.29, 0.717) is 32.7 Å². The third-order valence-electron chi connectivity index (χ3n) is 5.88. The molecule has 2 N–H and O–H groups in total. The number of rotatable bonds is 11. The largest absolute Gasteiger partial charge is 0.493 e. The highest BCUT2D eigenvalue weighted by atomic mass is 35.5. The second-order valence-corrected chi connectivity index (χ2v) is 9.59. The molecule has 0 spiro atoms. The van der Waals surface area contributed by atoms with Gasteiger partial charge in [-0.25, -0.2) is 5.43 Å². The van der Waals surface area contributed by atoms with Gasteiger partial charge in [0.25, 0.3) is 5.91 Å². The first-order valence-corrected chi connectivity index (χ1v) is 13.2. The fourth-order valence-electron chi connectivity index (χ4n) is 3.87. The summed E-state index contributed by atoms with van der Waals surface area (Å²) < 4.78 is 11.3. The normalized spacial score (nSPS) is 11.6. The number of hydrazone groups is 1. The van der Waals surface area contributed by atoms with Crippen LogP contribution in [-0.2, 0) is 11.4 Å². The molecule has 1 atom stereocenters. The van der Waals surface area contributed by atoms with Crippen LogP contribution in [0.15, 0.2) is 102 Å². The van der Waals surface area contributed by atoms with Crippen molar-refractivity contribution < 1.29 is 19.1 Å². The fourth-order valence-corrected chi connectivity index (χ4v) is 4.27. The predicted molar refractivity (Wildman–Crippen MR) is 157 cm³/mol. The van der Waals surface area contributed by atoms with E-state index < -0.39 is 6.04 Å². The van der Waals surface area contributed by atoms with Crippen LogP contribution in [0.25, 0.3) is 0 Å². The second kappa shape index (κ2) is 14.2. The van der Waals surface area contributed by atoms with E-state index in [4.69, 9.17) is 32.7 Å². The zero-order valence-corrected chi connectivity index (χ0v) is 23.2. The highest BCUT2D eigenvalue weighted by molar-refractivity contribution is 6.32. The van der Waals surface area contributed by atoms with Gasteiger partial charge in [0.1, 0.15) is 6.61 Å². The lowest BCUT2D eigenvalue weighted by atomic mass is 10.0. The minimum absolute atomic E-state index is 0.0124. The second-order valence-electron chi connectivity index (χ2n) is 8.75. The average molecular weight is 576 g/mol. The molecule has 0 saturated carbocycles. The zero-order valence-electron chi connectivity index (χ0n) is 21.6. The molecule has 0 bridgehead atoms. The van der Waals surface area contributed by atoms with E-state index in [1.165, 1.54) is 13.3 Å². The van der Waals surface area contributed by atoms with Gasteiger partial charge >= 0.3 is 0 Å². The molecule has 40 heavy (non-hydrogen) atoms. The molecular formula is C31H27Cl2N3O4. The van der Waals surface area contributed by atoms with Gasteiger partial charge in [-0.3, -0.25) is 9.59 Å². The maximum atomic E-state index is 12.8. The summed E-state index contributed by atoms with van der Waals surface area (Å²) >= 11 is 12.4. The van der Waals surface area contributed by atoms with Crippen LogP contribution in [0.2, 0.25) is 10.0 Å². The molecule has 204 valence electrons. The summed E-state index contributed by atoms with van der Waals surface area (Å²) in [5.74, 6) is 0.160. The number of halogens is 2. The summed E-state index contributed by atoms with van der Waals surface area (Å²) in [6.45, 7) is 0.278. The van der Waals surface area contributed by atoms with Crippen molar-refractivity contribution in [3.63, 3.8) is 0 Å². The Kier molecular flexibility index (Phi) is 10.2. The third-order valence-corrected chi connectivity index (χ3v) is 6.42. The van der Waals surface area contributed by atoms with Gasteiger partial charge < -0.3 is 14.8 Å². The van der Waals surface area contributed by atoms with Gasteiger partial charge in [-0.15, -0.1) is 0 Å². The molecule has 0 radical (unpaired) electrons. The zero-order chi connectivity index (χ0) is 28.3. The Morgan fingerprint density at radius 1 is 0.925 bits per heavy atom. The third kappa shape index (κ3) is 8.09. The van der Waals surface area contributed by atoms with Gasteiger partial charge in [0.15, 0.2) is 11.5 Å². The lowest BCUT2D eigenvalue weighted by Gasteiger charge is -2.18. The van der Waals surface area contributed by atoms with E-state index >= 15 is 0 Å². The molecule has 0 saturated heterocycles. The van der Waals surface area contributed by atoms with Crippen molar-refractivity contribution in [1.29, 1.82) is 0 Å². The molecule has 4 aromatic carbocycles. The molecule has 4 aromatic rings. The molecule has 0 unspecified atom stereocenters. The highest BCUT2D eigenvalue weighted by Gasteiger charge is 2.19. The molecular weight excluding hydrogens is 549 g/mol. The van der Waals surface area contributed by atoms with E-state index in [1.807, 2.05) is 48.5 Å². The number of amides is 2. The summed E-state index contributed by atoms with van der Waals surface area (Å²) in [6.07, 6.45) is 1.44. The predicted octanol–water partition coefficient (Wildman–Crippen LogP) is 6.59. The quantitative estimate of drug-likeness (QED) is 0.156. The van der Waals surface area contributed by atoms with Crippen LogP contribution in [0, 0.1) is 0 Å². The Morgan fingerprint density at radius 2 is 1.60 bits per heavy atom. The number of benzene rings is 4. The van der Waals surface area contributed by atoms with Crippen molar-refractivity contribution in [2.75, 3.05) is 7.11 Å². The molecule has 0 aromatic heterocycles. The van der Waals surface area contributed by atoms with Crippen LogP contribution in [0.3, 0.4) is 0 Å². The maximum absolute atomic E-state index is 12.8. The van der Waals surface area contributed by atoms with E-state index in [-0.39, 0.29) is 24.8 Å². The van der Waals surface area contributed by atoms with E-state index in [0.717, 1.165) is 11.1 Å². The van der Waals surface area contributed by atoms with E-state index in [1.54, 1.807) is 48.5 Å². The molecule has 4 rings (SSSR count). The first-order valence-electron chi connectivity index (χ1n) is 12.4. The highest BCUT2D eigenvalue weighted by Crippen LogP contribution is 2.36. The first kappa shape index (κ1) is 28.7. The summed E-state index contributed by atoms with van der Waals surface area (Å²) in [5.41, 5.74) is 5.35. The van der Waals surface area contributed by atoms with Crippen LogP contribution in [0.1, 0.15) is 39.5 Å². The summed E-state index contributed by atoms with van der Waals surface area (Å²) in [7, 11) is 1.51. The number of nitrogens with zero attached hydrogens (tertiary/aromatic N) is 1. The van der Waals surface area contributed by atoms with Crippen molar-refractivity contribution >= 4 is 41.2 Å². The Morgan fingerprint density at radius 3 is 2.27 bits per heavy atom. The smallest absolute Gasteiger partial charge is 0.251 e. The SMILES string of the molecule is COc1cc(/C=N\NC(=O)C[C@H](NC(=O)c2ccccc2)c2ccccc2)cc(Cl)c1OCc1ccc(Cl)cc1. The number of hydrogen-bond donors (Lipinski definition) is 2. The van der Waals surface area contributed by atoms with Crippen LogP contribution < -0.4 is 20.2 Å². The van der Waals surface area contributed by atoms with Crippen LogP contribution in [0.4, 0.5) is 0 Å². The monoisotopic (exact) mass is 575 g/mol. The van der Waals surface area contributed by atoms with Gasteiger partial charge in [0, 0.05) is 10.6 Å². The summed E-state index contributed by atoms with van der Waals surface area (Å²) in [5, 5.41) is 7.98. The van der Waals surface area contributed by atoms with Gasteiger partial charge in [0.2, 0.25) is 5.91 Å². The Labute approximate surface area is 242 Å². The van der Waals surface area contributed by atoms with Gasteiger partial charge in [0.05, 0.1) is 30.8 Å². The number of hydrogen-bond acceptors (Lipinski definition) is 5. The summed E-state index contributed by atoms with van der Waals surface area (Å²) in [6, 6.07) is 28.2. The van der Waals surface area contributed by atoms with Crippen LogP contribution in [-0.4, -0.2) is 25.1 Å². The minimum atomic E-state index is -0.546. The molecule has 0 aliphatic rings. The van der Waals surface area contributed by atoms with Gasteiger partial charge in [-0.2, -0.15) is 5.10 Å². The minimum Gasteiger partial charge on any atom is -0.493 e. The topological polar surface area (TPSA) is 89.0 Å². The Balaban J connectivity index is 1.40. The number of carbonyl (C=O) groups excluding carboxylic acids is 2. The number of ether oxygens (including phenoxy) is 2. The Bertz CT molecular complexity index is 1460.